The molecule has 1 saturated carbocycles. The summed E-state index contributed by atoms with van der Waals surface area (Å²) in [6, 6.07) is -1.16. The number of rotatable bonds is 6. The van der Waals surface area contributed by atoms with Gasteiger partial charge in [-0.05, 0) is 107 Å². The molecule has 14 nitrogen and oxygen atoms in total. The number of esters is 1. The van der Waals surface area contributed by atoms with Crippen molar-refractivity contribution in [1.29, 1.82) is 0 Å². The lowest BCUT2D eigenvalue weighted by molar-refractivity contribution is -0.231. The lowest BCUT2D eigenvalue weighted by atomic mass is 9.78. The van der Waals surface area contributed by atoms with Crippen LogP contribution in [0.3, 0.4) is 0 Å². The molecule has 1 unspecified atom stereocenters. The van der Waals surface area contributed by atoms with Gasteiger partial charge in [0.05, 0.1) is 24.4 Å². The van der Waals surface area contributed by atoms with Crippen LogP contribution in [0.25, 0.3) is 0 Å². The van der Waals surface area contributed by atoms with Gasteiger partial charge in [-0.25, -0.2) is 4.79 Å². The molecular weight excluding hydrogens is 835 g/mol. The van der Waals surface area contributed by atoms with Crippen LogP contribution in [-0.2, 0) is 47.7 Å². The average molecular weight is 914 g/mol. The molecule has 2 bridgehead atoms. The summed E-state index contributed by atoms with van der Waals surface area (Å²) in [5.41, 5.74) is 1.24. The predicted octanol–water partition coefficient (Wildman–Crippen LogP) is 6.18. The second kappa shape index (κ2) is 25.1. The van der Waals surface area contributed by atoms with Gasteiger partial charge >= 0.3 is 11.8 Å². The minimum Gasteiger partial charge on any atom is -0.460 e. The maximum absolute atomic E-state index is 14.6. The molecule has 15 atom stereocenters. The van der Waals surface area contributed by atoms with E-state index in [1.165, 1.54) is 12.0 Å². The summed E-state index contributed by atoms with van der Waals surface area (Å²) in [5.74, 6) is -8.01. The van der Waals surface area contributed by atoms with E-state index in [2.05, 4.69) is 0 Å². The summed E-state index contributed by atoms with van der Waals surface area (Å²) >= 11 is 0. The van der Waals surface area contributed by atoms with E-state index < -0.39 is 83.9 Å². The third-order valence-electron chi connectivity index (χ3n) is 14.4. The first-order valence-electron chi connectivity index (χ1n) is 23.9. The molecule has 3 N–H and O–H groups in total. The van der Waals surface area contributed by atoms with Crippen LogP contribution in [0.5, 0.6) is 0 Å². The quantitative estimate of drug-likeness (QED) is 0.156. The molecule has 3 heterocycles. The molecule has 14 heteroatoms. The number of cyclic esters (lactones) is 1. The normalized spacial score (nSPS) is 40.4. The van der Waals surface area contributed by atoms with E-state index in [1.54, 1.807) is 41.1 Å². The fourth-order valence-electron chi connectivity index (χ4n) is 10.1. The smallest absolute Gasteiger partial charge is 0.329 e. The number of carbonyl (C=O) groups excluding carboxylic acids is 5. The number of Topliss-reactive ketones (excluding diaryl/α,β-unsaturated/α-hetero) is 3. The summed E-state index contributed by atoms with van der Waals surface area (Å²) in [7, 11) is 4.51. The highest BCUT2D eigenvalue weighted by Crippen LogP contribution is 2.36. The standard InChI is InChI=1S/C51H79NO13/c1-30-16-12-11-13-17-31(2)42(61-8)28-38-21-19-32(3)48(57)51(60,65-38)50(59)52-23-15-14-18-39(52)49(58)64-43(34(5)26-37-20-22-40(53)44(27-37)62-9)29-41(54)33(4)25-36(7)46(56)47(63-10)45(55)35(6)24-30/h11-13,16-17,25,30,32-35,37-40,42-44,46-47,53,56,60H,14-15,18-24,26-29H2,1-10H3/b13-11+,16-12+,31-17+,36-25+/t30-,32-,33-,34-,35-,37+,38+,39+,40-,42+,43+,44-,46-,47+,51?/m1/s1. The molecule has 366 valence electrons. The number of hydrogen-bond donors (Lipinski definition) is 3. The third kappa shape index (κ3) is 14.3. The number of fused-ring (bicyclic) bond motifs is 3. The van der Waals surface area contributed by atoms with Crippen molar-refractivity contribution in [3.8, 4) is 0 Å². The van der Waals surface area contributed by atoms with Gasteiger partial charge < -0.3 is 43.9 Å². The van der Waals surface area contributed by atoms with Crippen LogP contribution < -0.4 is 0 Å². The second-order valence-corrected chi connectivity index (χ2v) is 19.6. The lowest BCUT2D eigenvalue weighted by Gasteiger charge is -2.40. The first kappa shape index (κ1) is 54.2. The minimum atomic E-state index is -2.85. The number of aliphatic hydroxyl groups excluding tert-OH is 2. The van der Waals surface area contributed by atoms with E-state index in [0.717, 1.165) is 12.0 Å². The van der Waals surface area contributed by atoms with Crippen LogP contribution in [0.1, 0.15) is 126 Å². The van der Waals surface area contributed by atoms with Gasteiger partial charge in [-0.1, -0.05) is 71.1 Å². The molecule has 0 radical (unpaired) electrons. The van der Waals surface area contributed by atoms with Crippen molar-refractivity contribution in [2.75, 3.05) is 27.9 Å². The number of ketones is 3. The number of aliphatic hydroxyl groups is 3. The molecule has 3 aliphatic heterocycles. The zero-order valence-corrected chi connectivity index (χ0v) is 40.6. The summed E-state index contributed by atoms with van der Waals surface area (Å²) in [6.45, 7) is 12.7. The molecular formula is C51H79NO13. The molecule has 1 amide bonds. The van der Waals surface area contributed by atoms with Crippen molar-refractivity contribution in [2.24, 2.45) is 35.5 Å². The Morgan fingerprint density at radius 3 is 2.23 bits per heavy atom. The van der Waals surface area contributed by atoms with Crippen LogP contribution in [0.4, 0.5) is 0 Å². The van der Waals surface area contributed by atoms with Crippen LogP contribution in [0, 0.1) is 35.5 Å². The highest BCUT2D eigenvalue weighted by molar-refractivity contribution is 6.09. The molecule has 4 aliphatic rings. The molecule has 1 aliphatic carbocycles. The summed E-state index contributed by atoms with van der Waals surface area (Å²) in [4.78, 5) is 72.1. The summed E-state index contributed by atoms with van der Waals surface area (Å²) < 4.78 is 29.5. The average Bonchev–Trinajstić information content (AvgIpc) is 3.39. The number of amides is 1. The van der Waals surface area contributed by atoms with Crippen molar-refractivity contribution >= 4 is 29.2 Å². The van der Waals surface area contributed by atoms with Crippen molar-refractivity contribution in [2.45, 2.75) is 180 Å². The summed E-state index contributed by atoms with van der Waals surface area (Å²) in [5, 5.41) is 34.1. The minimum absolute atomic E-state index is 0.0147. The Labute approximate surface area is 387 Å². The van der Waals surface area contributed by atoms with E-state index in [0.29, 0.717) is 56.9 Å². The van der Waals surface area contributed by atoms with Crippen molar-refractivity contribution in [3.63, 3.8) is 0 Å². The van der Waals surface area contributed by atoms with Crippen LogP contribution in [0.2, 0.25) is 0 Å². The number of ether oxygens (including phenoxy) is 5. The zero-order chi connectivity index (χ0) is 48.2. The molecule has 65 heavy (non-hydrogen) atoms. The van der Waals surface area contributed by atoms with Crippen molar-refractivity contribution < 1.29 is 63.0 Å². The number of hydrogen-bond acceptors (Lipinski definition) is 13. The molecule has 3 fully saturated rings. The highest BCUT2D eigenvalue weighted by Gasteiger charge is 2.55. The maximum atomic E-state index is 14.6. The van der Waals surface area contributed by atoms with Crippen molar-refractivity contribution in [3.05, 3.63) is 47.6 Å². The predicted molar refractivity (Wildman–Crippen MR) is 245 cm³/mol. The molecule has 0 spiro atoms. The van der Waals surface area contributed by atoms with E-state index in [1.807, 2.05) is 58.1 Å². The molecule has 0 aromatic heterocycles. The van der Waals surface area contributed by atoms with Gasteiger partial charge in [-0.3, -0.25) is 19.2 Å². The Bertz CT molecular complexity index is 1760. The van der Waals surface area contributed by atoms with E-state index >= 15 is 0 Å². The molecule has 2 saturated heterocycles. The van der Waals surface area contributed by atoms with E-state index in [-0.39, 0.29) is 61.2 Å². The van der Waals surface area contributed by atoms with Gasteiger partial charge in [-0.15, -0.1) is 0 Å². The molecule has 0 aromatic rings. The van der Waals surface area contributed by atoms with E-state index in [4.69, 9.17) is 23.7 Å². The van der Waals surface area contributed by atoms with Gasteiger partial charge in [0.2, 0.25) is 5.78 Å². The van der Waals surface area contributed by atoms with Gasteiger partial charge in [0.25, 0.3) is 5.91 Å². The monoisotopic (exact) mass is 914 g/mol. The highest BCUT2D eigenvalue weighted by atomic mass is 16.6. The topological polar surface area (TPSA) is 195 Å². The van der Waals surface area contributed by atoms with Crippen molar-refractivity contribution in [1.82, 2.24) is 4.90 Å². The van der Waals surface area contributed by atoms with Gasteiger partial charge in [0.15, 0.2) is 5.78 Å². The van der Waals surface area contributed by atoms with Gasteiger partial charge in [0.1, 0.15) is 30.1 Å². The lowest BCUT2D eigenvalue weighted by Crippen LogP contribution is -2.62. The molecule has 0 aromatic carbocycles. The van der Waals surface area contributed by atoms with Gasteiger partial charge in [-0.2, -0.15) is 0 Å². The Hall–Kier alpha value is -3.37. The van der Waals surface area contributed by atoms with E-state index in [9.17, 15) is 39.3 Å². The number of carbonyl (C=O) groups is 5. The third-order valence-corrected chi connectivity index (χ3v) is 14.4. The molecule has 4 rings (SSSR count). The van der Waals surface area contributed by atoms with Crippen LogP contribution in [-0.4, -0.2) is 132 Å². The Morgan fingerprint density at radius 2 is 1.55 bits per heavy atom. The number of nitrogens with zero attached hydrogens (tertiary/aromatic N) is 1. The Kier molecular flexibility index (Phi) is 21.0. The first-order valence-corrected chi connectivity index (χ1v) is 23.9. The van der Waals surface area contributed by atoms with Crippen LogP contribution >= 0.6 is 0 Å². The SMILES string of the molecule is CO[C@H]1C[C@@H]2CC[C@@H](C)C(=O)C(O)(O2)C(=O)N2CCCC[C@H]2C(=O)O[C@H]([C@H](C)C[C@@H]2CC[C@@H](O)[C@H](OC)C2)CC(=O)[C@H](C)/C=C(\C)[C@@H](O)[C@@H](OC)C(=O)[C@H](C)C[C@H](C)/C=C/C=C/C=C/1C. The number of methoxy groups -OCH3 is 3. The summed E-state index contributed by atoms with van der Waals surface area (Å²) in [6.07, 6.45) is 10.7. The maximum Gasteiger partial charge on any atom is 0.329 e. The number of allylic oxidation sites excluding steroid dienone is 6. The Balaban J connectivity index is 1.74. The Morgan fingerprint density at radius 1 is 0.831 bits per heavy atom. The fourth-order valence-corrected chi connectivity index (χ4v) is 10.1. The fraction of sp³-hybridized carbons (Fsp3) is 0.745. The van der Waals surface area contributed by atoms with Gasteiger partial charge in [0, 0.05) is 58.5 Å². The van der Waals surface area contributed by atoms with Crippen LogP contribution in [0.15, 0.2) is 47.6 Å². The zero-order valence-electron chi connectivity index (χ0n) is 40.6. The second-order valence-electron chi connectivity index (χ2n) is 19.6. The largest absolute Gasteiger partial charge is 0.460 e. The number of piperidine rings is 1. The first-order chi connectivity index (χ1) is 30.7.